The van der Waals surface area contributed by atoms with Crippen LogP contribution in [0, 0.1) is 13.8 Å². The molecule has 0 aliphatic carbocycles. The van der Waals surface area contributed by atoms with E-state index in [0.29, 0.717) is 11.5 Å². The second-order valence-electron chi connectivity index (χ2n) is 5.40. The number of aromatic nitrogens is 1. The van der Waals surface area contributed by atoms with Gasteiger partial charge in [0.2, 0.25) is 0 Å². The molecule has 23 heavy (non-hydrogen) atoms. The maximum Gasteiger partial charge on any atom is 0.162 e. The minimum absolute atomic E-state index is 0.649. The normalized spacial score (nSPS) is 10.6. The summed E-state index contributed by atoms with van der Waals surface area (Å²) in [5.41, 5.74) is 3.04. The fraction of sp³-hybridized carbons (Fsp3) is 0.211. The molecule has 1 aromatic heterocycles. The zero-order valence-corrected chi connectivity index (χ0v) is 13.7. The lowest BCUT2D eigenvalue weighted by atomic mass is 10.1. The minimum atomic E-state index is 0.649. The van der Waals surface area contributed by atoms with Crippen molar-refractivity contribution in [3.05, 3.63) is 53.7 Å². The van der Waals surface area contributed by atoms with Crippen LogP contribution in [0.25, 0.3) is 10.9 Å². The number of aryl methyl sites for hydroxylation is 2. The summed E-state index contributed by atoms with van der Waals surface area (Å²) in [4.78, 5) is 4.39. The van der Waals surface area contributed by atoms with Gasteiger partial charge in [-0.1, -0.05) is 12.1 Å². The molecule has 0 aliphatic heterocycles. The van der Waals surface area contributed by atoms with Gasteiger partial charge in [-0.3, -0.25) is 4.98 Å². The third-order valence-electron chi connectivity index (χ3n) is 3.77. The number of benzene rings is 2. The van der Waals surface area contributed by atoms with Crippen LogP contribution in [0.4, 0.5) is 0 Å². The molecule has 0 spiro atoms. The fourth-order valence-electron chi connectivity index (χ4n) is 2.47. The van der Waals surface area contributed by atoms with Gasteiger partial charge in [-0.2, -0.15) is 0 Å². The molecule has 0 bridgehead atoms. The van der Waals surface area contributed by atoms with Crippen molar-refractivity contribution >= 4 is 10.9 Å². The zero-order valence-electron chi connectivity index (χ0n) is 13.7. The molecule has 118 valence electrons. The Kier molecular flexibility index (Phi) is 4.06. The Morgan fingerprint density at radius 2 is 1.52 bits per heavy atom. The monoisotopic (exact) mass is 309 g/mol. The van der Waals surface area contributed by atoms with E-state index in [0.717, 1.165) is 33.5 Å². The predicted octanol–water partition coefficient (Wildman–Crippen LogP) is 4.66. The average molecular weight is 309 g/mol. The molecule has 2 aromatic carbocycles. The number of hydrogen-bond donors (Lipinski definition) is 0. The standard InChI is InChI=1S/C19H19NO3/c1-12-5-6-13(2)17(9-12)23-16-7-8-20-15-11-19(22-4)18(21-3)10-14(15)16/h5-11H,1-4H3. The summed E-state index contributed by atoms with van der Waals surface area (Å²) < 4.78 is 16.9. The highest BCUT2D eigenvalue weighted by molar-refractivity contribution is 5.88. The first-order valence-corrected chi connectivity index (χ1v) is 7.38. The van der Waals surface area contributed by atoms with Gasteiger partial charge in [0.05, 0.1) is 19.7 Å². The van der Waals surface area contributed by atoms with E-state index in [9.17, 15) is 0 Å². The van der Waals surface area contributed by atoms with E-state index in [1.807, 2.05) is 38.1 Å². The van der Waals surface area contributed by atoms with Crippen LogP contribution in [0.5, 0.6) is 23.0 Å². The topological polar surface area (TPSA) is 40.6 Å². The molecule has 0 radical (unpaired) electrons. The van der Waals surface area contributed by atoms with E-state index in [2.05, 4.69) is 17.1 Å². The van der Waals surface area contributed by atoms with Crippen molar-refractivity contribution < 1.29 is 14.2 Å². The van der Waals surface area contributed by atoms with Gasteiger partial charge in [0.25, 0.3) is 0 Å². The first-order chi connectivity index (χ1) is 11.1. The number of rotatable bonds is 4. The summed E-state index contributed by atoms with van der Waals surface area (Å²) in [5.74, 6) is 2.88. The first-order valence-electron chi connectivity index (χ1n) is 7.38. The van der Waals surface area contributed by atoms with E-state index < -0.39 is 0 Å². The summed E-state index contributed by atoms with van der Waals surface area (Å²) in [6.07, 6.45) is 1.73. The maximum absolute atomic E-state index is 6.14. The molecule has 0 aliphatic rings. The highest BCUT2D eigenvalue weighted by Crippen LogP contribution is 2.37. The summed E-state index contributed by atoms with van der Waals surface area (Å²) >= 11 is 0. The molecular weight excluding hydrogens is 290 g/mol. The van der Waals surface area contributed by atoms with Gasteiger partial charge < -0.3 is 14.2 Å². The van der Waals surface area contributed by atoms with Gasteiger partial charge in [0.15, 0.2) is 11.5 Å². The van der Waals surface area contributed by atoms with Gasteiger partial charge in [-0.05, 0) is 43.2 Å². The van der Waals surface area contributed by atoms with E-state index in [4.69, 9.17) is 14.2 Å². The first kappa shape index (κ1) is 15.2. The Hall–Kier alpha value is -2.75. The number of hydrogen-bond acceptors (Lipinski definition) is 4. The van der Waals surface area contributed by atoms with Crippen molar-refractivity contribution in [2.24, 2.45) is 0 Å². The van der Waals surface area contributed by atoms with Crippen molar-refractivity contribution in [1.29, 1.82) is 0 Å². The van der Waals surface area contributed by atoms with Crippen LogP contribution in [0.3, 0.4) is 0 Å². The fourth-order valence-corrected chi connectivity index (χ4v) is 2.47. The van der Waals surface area contributed by atoms with Crippen LogP contribution < -0.4 is 14.2 Å². The number of ether oxygens (including phenoxy) is 3. The maximum atomic E-state index is 6.14. The molecular formula is C19H19NO3. The largest absolute Gasteiger partial charge is 0.493 e. The number of nitrogens with zero attached hydrogens (tertiary/aromatic N) is 1. The quantitative estimate of drug-likeness (QED) is 0.702. The lowest BCUT2D eigenvalue weighted by Crippen LogP contribution is -1.94. The molecule has 0 N–H and O–H groups in total. The van der Waals surface area contributed by atoms with E-state index in [-0.39, 0.29) is 0 Å². The third kappa shape index (κ3) is 2.93. The Labute approximate surface area is 135 Å². The van der Waals surface area contributed by atoms with Gasteiger partial charge >= 0.3 is 0 Å². The molecule has 0 saturated carbocycles. The van der Waals surface area contributed by atoms with Crippen molar-refractivity contribution in [3.8, 4) is 23.0 Å². The van der Waals surface area contributed by atoms with Crippen molar-refractivity contribution in [2.75, 3.05) is 14.2 Å². The third-order valence-corrected chi connectivity index (χ3v) is 3.77. The van der Waals surface area contributed by atoms with Crippen LogP contribution in [0.15, 0.2) is 42.6 Å². The van der Waals surface area contributed by atoms with Gasteiger partial charge in [-0.15, -0.1) is 0 Å². The van der Waals surface area contributed by atoms with Crippen LogP contribution in [0.2, 0.25) is 0 Å². The van der Waals surface area contributed by atoms with Crippen LogP contribution >= 0.6 is 0 Å². The van der Waals surface area contributed by atoms with Crippen LogP contribution in [0.1, 0.15) is 11.1 Å². The van der Waals surface area contributed by atoms with E-state index >= 15 is 0 Å². The van der Waals surface area contributed by atoms with Crippen molar-refractivity contribution in [1.82, 2.24) is 4.98 Å². The Bertz CT molecular complexity index is 859. The van der Waals surface area contributed by atoms with Crippen molar-refractivity contribution in [3.63, 3.8) is 0 Å². The summed E-state index contributed by atoms with van der Waals surface area (Å²) in [5, 5.41) is 0.881. The van der Waals surface area contributed by atoms with Gasteiger partial charge in [0, 0.05) is 17.6 Å². The highest BCUT2D eigenvalue weighted by Gasteiger charge is 2.12. The Balaban J connectivity index is 2.12. The number of fused-ring (bicyclic) bond motifs is 1. The highest BCUT2D eigenvalue weighted by atomic mass is 16.5. The number of methoxy groups -OCH3 is 2. The summed E-state index contributed by atoms with van der Waals surface area (Å²) in [7, 11) is 3.23. The molecule has 4 nitrogen and oxygen atoms in total. The smallest absolute Gasteiger partial charge is 0.162 e. The van der Waals surface area contributed by atoms with Crippen molar-refractivity contribution in [2.45, 2.75) is 13.8 Å². The minimum Gasteiger partial charge on any atom is -0.493 e. The molecule has 4 heteroatoms. The average Bonchev–Trinajstić information content (AvgIpc) is 2.57. The second kappa shape index (κ2) is 6.16. The zero-order chi connectivity index (χ0) is 16.4. The molecule has 0 atom stereocenters. The Morgan fingerprint density at radius 3 is 2.26 bits per heavy atom. The molecule has 0 unspecified atom stereocenters. The predicted molar refractivity (Wildman–Crippen MR) is 90.8 cm³/mol. The lowest BCUT2D eigenvalue weighted by molar-refractivity contribution is 0.355. The molecule has 3 aromatic rings. The second-order valence-corrected chi connectivity index (χ2v) is 5.40. The molecule has 0 saturated heterocycles. The van der Waals surface area contributed by atoms with Crippen LogP contribution in [-0.2, 0) is 0 Å². The van der Waals surface area contributed by atoms with E-state index in [1.54, 1.807) is 20.4 Å². The van der Waals surface area contributed by atoms with Gasteiger partial charge in [-0.25, -0.2) is 0 Å². The van der Waals surface area contributed by atoms with Gasteiger partial charge in [0.1, 0.15) is 11.5 Å². The molecule has 1 heterocycles. The van der Waals surface area contributed by atoms with Crippen LogP contribution in [-0.4, -0.2) is 19.2 Å². The summed E-state index contributed by atoms with van der Waals surface area (Å²) in [6.45, 7) is 4.08. The Morgan fingerprint density at radius 1 is 0.783 bits per heavy atom. The molecule has 0 fully saturated rings. The molecule has 0 amide bonds. The SMILES string of the molecule is COc1cc2nccc(Oc3cc(C)ccc3C)c2cc1OC. The number of pyridine rings is 1. The van der Waals surface area contributed by atoms with E-state index in [1.165, 1.54) is 0 Å². The summed E-state index contributed by atoms with van der Waals surface area (Å²) in [6, 6.07) is 11.8. The molecule has 3 rings (SSSR count). The lowest BCUT2D eigenvalue weighted by Gasteiger charge is -2.13.